The zero-order valence-corrected chi connectivity index (χ0v) is 10.6. The lowest BCUT2D eigenvalue weighted by Gasteiger charge is -2.01. The van der Waals surface area contributed by atoms with Gasteiger partial charge >= 0.3 is 0 Å². The number of nitrogens with zero attached hydrogens (tertiary/aromatic N) is 2. The summed E-state index contributed by atoms with van der Waals surface area (Å²) < 4.78 is 5.04. The average Bonchev–Trinajstić information content (AvgIpc) is 2.48. The molecule has 0 fully saturated rings. The van der Waals surface area contributed by atoms with E-state index in [1.807, 2.05) is 30.3 Å². The number of benzene rings is 1. The fourth-order valence-corrected chi connectivity index (χ4v) is 1.65. The van der Waals surface area contributed by atoms with Crippen LogP contribution < -0.4 is 4.74 Å². The van der Waals surface area contributed by atoms with Crippen molar-refractivity contribution in [1.82, 2.24) is 4.98 Å². The lowest BCUT2D eigenvalue weighted by Crippen LogP contribution is -1.94. The average molecular weight is 248 g/mol. The molecule has 0 amide bonds. The van der Waals surface area contributed by atoms with Crippen LogP contribution in [-0.4, -0.2) is 12.1 Å². The Morgan fingerprint density at radius 1 is 1.21 bits per heavy atom. The topological polar surface area (TPSA) is 45.9 Å². The van der Waals surface area contributed by atoms with Crippen molar-refractivity contribution in [3.63, 3.8) is 0 Å². The molecule has 0 saturated carbocycles. The van der Waals surface area contributed by atoms with E-state index < -0.39 is 0 Å². The van der Waals surface area contributed by atoms with Crippen LogP contribution in [0.3, 0.4) is 0 Å². The predicted octanol–water partition coefficient (Wildman–Crippen LogP) is 2.56. The van der Waals surface area contributed by atoms with Crippen molar-refractivity contribution in [3.8, 4) is 23.8 Å². The summed E-state index contributed by atoms with van der Waals surface area (Å²) in [5.41, 5.74) is 2.17. The summed E-state index contributed by atoms with van der Waals surface area (Å²) in [6.07, 6.45) is 2.24. The van der Waals surface area contributed by atoms with Gasteiger partial charge in [0.2, 0.25) is 5.88 Å². The highest BCUT2D eigenvalue weighted by Crippen LogP contribution is 2.16. The van der Waals surface area contributed by atoms with Crippen molar-refractivity contribution in [3.05, 3.63) is 59.3 Å². The maximum atomic E-state index is 9.11. The van der Waals surface area contributed by atoms with Crippen LogP contribution in [0.4, 0.5) is 0 Å². The highest BCUT2D eigenvalue weighted by molar-refractivity contribution is 5.52. The SMILES string of the molecule is COc1nccc(C#CCc2ccccc2)c1C#N. The zero-order valence-electron chi connectivity index (χ0n) is 10.6. The first-order chi connectivity index (χ1) is 9.35. The van der Waals surface area contributed by atoms with Crippen LogP contribution in [0, 0.1) is 23.2 Å². The van der Waals surface area contributed by atoms with Crippen molar-refractivity contribution in [1.29, 1.82) is 5.26 Å². The standard InChI is InChI=1S/C16H12N2O/c1-19-16-15(12-17)14(10-11-18-16)9-5-8-13-6-3-2-4-7-13/h2-4,6-7,10-11H,8H2,1H3. The highest BCUT2D eigenvalue weighted by Gasteiger charge is 2.07. The Hall–Kier alpha value is -2.78. The van der Waals surface area contributed by atoms with E-state index in [4.69, 9.17) is 10.00 Å². The van der Waals surface area contributed by atoms with E-state index in [1.165, 1.54) is 7.11 Å². The number of nitriles is 1. The normalized spacial score (nSPS) is 9.05. The molecule has 1 aromatic carbocycles. The van der Waals surface area contributed by atoms with Gasteiger partial charge < -0.3 is 4.74 Å². The molecule has 1 aromatic heterocycles. The molecule has 3 nitrogen and oxygen atoms in total. The minimum Gasteiger partial charge on any atom is -0.480 e. The molecule has 0 aliphatic heterocycles. The van der Waals surface area contributed by atoms with Gasteiger partial charge in [-0.3, -0.25) is 0 Å². The second-order valence-corrected chi connectivity index (χ2v) is 3.82. The number of rotatable bonds is 2. The van der Waals surface area contributed by atoms with Gasteiger partial charge in [0.25, 0.3) is 0 Å². The molecule has 0 saturated heterocycles. The van der Waals surface area contributed by atoms with E-state index in [-0.39, 0.29) is 0 Å². The molecule has 3 heteroatoms. The Morgan fingerprint density at radius 3 is 2.68 bits per heavy atom. The number of pyridine rings is 1. The van der Waals surface area contributed by atoms with Crippen LogP contribution in [0.15, 0.2) is 42.6 Å². The van der Waals surface area contributed by atoms with Gasteiger partial charge in [0.1, 0.15) is 11.6 Å². The maximum Gasteiger partial charge on any atom is 0.232 e. The van der Waals surface area contributed by atoms with Gasteiger partial charge in [-0.05, 0) is 11.6 Å². The summed E-state index contributed by atoms with van der Waals surface area (Å²) in [6, 6.07) is 13.8. The monoisotopic (exact) mass is 248 g/mol. The quantitative estimate of drug-likeness (QED) is 0.767. The van der Waals surface area contributed by atoms with E-state index in [2.05, 4.69) is 22.9 Å². The Labute approximate surface area is 112 Å². The van der Waals surface area contributed by atoms with E-state index >= 15 is 0 Å². The summed E-state index contributed by atoms with van der Waals surface area (Å²) in [6.45, 7) is 0. The third-order valence-electron chi connectivity index (χ3n) is 2.58. The van der Waals surface area contributed by atoms with Gasteiger partial charge in [0.15, 0.2) is 0 Å². The fraction of sp³-hybridized carbons (Fsp3) is 0.125. The molecule has 92 valence electrons. The van der Waals surface area contributed by atoms with Crippen molar-refractivity contribution in [2.24, 2.45) is 0 Å². The Balaban J connectivity index is 2.23. The molecule has 2 rings (SSSR count). The molecule has 1 heterocycles. The Kier molecular flexibility index (Phi) is 4.16. The minimum absolute atomic E-state index is 0.314. The summed E-state index contributed by atoms with van der Waals surface area (Å²) in [5, 5.41) is 9.11. The van der Waals surface area contributed by atoms with Crippen LogP contribution in [0.2, 0.25) is 0 Å². The van der Waals surface area contributed by atoms with Crippen LogP contribution >= 0.6 is 0 Å². The van der Waals surface area contributed by atoms with Crippen molar-refractivity contribution in [2.75, 3.05) is 7.11 Å². The van der Waals surface area contributed by atoms with Crippen molar-refractivity contribution >= 4 is 0 Å². The summed E-state index contributed by atoms with van der Waals surface area (Å²) in [4.78, 5) is 3.98. The highest BCUT2D eigenvalue weighted by atomic mass is 16.5. The minimum atomic E-state index is 0.314. The second kappa shape index (κ2) is 6.23. The van der Waals surface area contributed by atoms with Gasteiger partial charge in [-0.1, -0.05) is 42.2 Å². The van der Waals surface area contributed by atoms with E-state index in [9.17, 15) is 0 Å². The van der Waals surface area contributed by atoms with Crippen molar-refractivity contribution < 1.29 is 4.74 Å². The lowest BCUT2D eigenvalue weighted by molar-refractivity contribution is 0.396. The molecule has 0 bridgehead atoms. The number of methoxy groups -OCH3 is 1. The van der Waals surface area contributed by atoms with Crippen molar-refractivity contribution in [2.45, 2.75) is 6.42 Å². The molecular formula is C16H12N2O. The largest absolute Gasteiger partial charge is 0.480 e. The third-order valence-corrected chi connectivity index (χ3v) is 2.58. The molecule has 0 aliphatic rings. The van der Waals surface area contributed by atoms with E-state index in [0.29, 0.717) is 23.4 Å². The summed E-state index contributed by atoms with van der Waals surface area (Å²) in [7, 11) is 1.49. The maximum absolute atomic E-state index is 9.11. The Morgan fingerprint density at radius 2 is 2.00 bits per heavy atom. The fourth-order valence-electron chi connectivity index (χ4n) is 1.65. The lowest BCUT2D eigenvalue weighted by atomic mass is 10.1. The first-order valence-corrected chi connectivity index (χ1v) is 5.81. The van der Waals surface area contributed by atoms with Gasteiger partial charge in [0.05, 0.1) is 7.11 Å². The van der Waals surface area contributed by atoms with E-state index in [1.54, 1.807) is 12.3 Å². The molecule has 0 atom stereocenters. The van der Waals surface area contributed by atoms with E-state index in [0.717, 1.165) is 5.56 Å². The number of hydrogen-bond donors (Lipinski definition) is 0. The molecular weight excluding hydrogens is 236 g/mol. The van der Waals surface area contributed by atoms with Gasteiger partial charge in [0, 0.05) is 18.2 Å². The van der Waals surface area contributed by atoms with Crippen LogP contribution in [0.25, 0.3) is 0 Å². The predicted molar refractivity (Wildman–Crippen MR) is 72.5 cm³/mol. The molecule has 0 unspecified atom stereocenters. The molecule has 19 heavy (non-hydrogen) atoms. The van der Waals surface area contributed by atoms with Gasteiger partial charge in [-0.15, -0.1) is 0 Å². The van der Waals surface area contributed by atoms with Gasteiger partial charge in [-0.25, -0.2) is 4.98 Å². The number of aromatic nitrogens is 1. The van der Waals surface area contributed by atoms with Crippen LogP contribution in [-0.2, 0) is 6.42 Å². The third kappa shape index (κ3) is 3.12. The smallest absolute Gasteiger partial charge is 0.232 e. The Bertz CT molecular complexity index is 661. The molecule has 0 radical (unpaired) electrons. The number of ether oxygens (including phenoxy) is 1. The molecule has 0 N–H and O–H groups in total. The molecule has 0 spiro atoms. The molecule has 0 aliphatic carbocycles. The first-order valence-electron chi connectivity index (χ1n) is 5.81. The second-order valence-electron chi connectivity index (χ2n) is 3.82. The first kappa shape index (κ1) is 12.7. The zero-order chi connectivity index (χ0) is 13.5. The molecule has 2 aromatic rings. The number of hydrogen-bond acceptors (Lipinski definition) is 3. The van der Waals surface area contributed by atoms with Gasteiger partial charge in [-0.2, -0.15) is 5.26 Å². The summed E-state index contributed by atoms with van der Waals surface area (Å²) in [5.74, 6) is 6.37. The van der Waals surface area contributed by atoms with Crippen LogP contribution in [0.5, 0.6) is 5.88 Å². The van der Waals surface area contributed by atoms with Crippen LogP contribution in [0.1, 0.15) is 16.7 Å². The summed E-state index contributed by atoms with van der Waals surface area (Å²) >= 11 is 0.